The highest BCUT2D eigenvalue weighted by atomic mass is 35.5. The average Bonchev–Trinajstić information content (AvgIpc) is 3.49. The minimum atomic E-state index is -3.60. The van der Waals surface area contributed by atoms with E-state index in [0.29, 0.717) is 28.0 Å². The minimum absolute atomic E-state index is 0.0954. The molecule has 0 spiro atoms. The fourth-order valence-electron chi connectivity index (χ4n) is 3.94. The molecule has 10 heteroatoms. The third-order valence-electron chi connectivity index (χ3n) is 6.09. The van der Waals surface area contributed by atoms with Crippen molar-refractivity contribution >= 4 is 44.0 Å². The summed E-state index contributed by atoms with van der Waals surface area (Å²) in [4.78, 5) is 9.88. The van der Waals surface area contributed by atoms with Crippen molar-refractivity contribution in [3.05, 3.63) is 70.7 Å². The maximum absolute atomic E-state index is 13.0. The second kappa shape index (κ2) is 12.1. The summed E-state index contributed by atoms with van der Waals surface area (Å²) in [5.74, 6) is 1.32. The molecule has 2 aromatic heterocycles. The Hall–Kier alpha value is -2.17. The predicted molar refractivity (Wildman–Crippen MR) is 151 cm³/mol. The van der Waals surface area contributed by atoms with E-state index in [1.807, 2.05) is 61.5 Å². The summed E-state index contributed by atoms with van der Waals surface area (Å²) in [6.45, 7) is 5.85. The Labute approximate surface area is 230 Å². The number of nitrogens with zero attached hydrogens (tertiary/aromatic N) is 2. The molecule has 37 heavy (non-hydrogen) atoms. The molecule has 2 unspecified atom stereocenters. The Morgan fingerprint density at radius 3 is 2.43 bits per heavy atom. The van der Waals surface area contributed by atoms with Crippen molar-refractivity contribution in [2.24, 2.45) is 0 Å². The maximum atomic E-state index is 13.0. The van der Waals surface area contributed by atoms with Crippen LogP contribution in [0.2, 0.25) is 0 Å². The van der Waals surface area contributed by atoms with Crippen molar-refractivity contribution in [2.75, 3.05) is 17.4 Å². The van der Waals surface area contributed by atoms with Gasteiger partial charge in [0, 0.05) is 33.1 Å². The molecule has 0 aliphatic heterocycles. The van der Waals surface area contributed by atoms with Gasteiger partial charge in [-0.1, -0.05) is 72.9 Å². The van der Waals surface area contributed by atoms with Crippen molar-refractivity contribution < 1.29 is 17.4 Å². The van der Waals surface area contributed by atoms with E-state index in [4.69, 9.17) is 16.0 Å². The summed E-state index contributed by atoms with van der Waals surface area (Å²) in [5.41, 5.74) is 4.32. The second-order valence-corrected chi connectivity index (χ2v) is 14.2. The standard InChI is InChI=1S/C27H29ClN2O4S3/c1-18(14-16-36(31)27-30-24(20(3)35-27)22-8-5-4-6-9-22)21-10-12-23(13-11-21)25-19(2)29-26(34-25)37(32,33)17-7-15-28/h4-6,8-13,18H,7,14-17H2,1-3H3. The zero-order valence-corrected chi connectivity index (χ0v) is 24.1. The van der Waals surface area contributed by atoms with Crippen LogP contribution in [0, 0.1) is 13.8 Å². The van der Waals surface area contributed by atoms with Gasteiger partial charge < -0.3 is 8.97 Å². The van der Waals surface area contributed by atoms with E-state index in [1.54, 1.807) is 6.92 Å². The number of alkyl halides is 1. The SMILES string of the molecule is Cc1nc(S(=O)(=O)CCCCl)oc1-c1ccc(C(C)CC[S+]([O-])c2nc(-c3ccccc3)c(C)s2)cc1. The molecule has 2 heterocycles. The van der Waals surface area contributed by atoms with Crippen LogP contribution in [0.5, 0.6) is 0 Å². The zero-order valence-electron chi connectivity index (χ0n) is 20.9. The van der Waals surface area contributed by atoms with Crippen LogP contribution in [0.1, 0.15) is 41.8 Å². The Morgan fingerprint density at radius 2 is 1.76 bits per heavy atom. The van der Waals surface area contributed by atoms with E-state index in [0.717, 1.165) is 33.7 Å². The van der Waals surface area contributed by atoms with Gasteiger partial charge in [0.1, 0.15) is 5.75 Å². The highest BCUT2D eigenvalue weighted by Crippen LogP contribution is 2.32. The zero-order chi connectivity index (χ0) is 26.6. The number of halogens is 1. The van der Waals surface area contributed by atoms with E-state index >= 15 is 0 Å². The molecule has 0 N–H and O–H groups in total. The molecule has 0 amide bonds. The monoisotopic (exact) mass is 576 g/mol. The fourth-order valence-corrected chi connectivity index (χ4v) is 8.01. The Kier molecular flexibility index (Phi) is 9.13. The van der Waals surface area contributed by atoms with Crippen LogP contribution in [0.25, 0.3) is 22.6 Å². The van der Waals surface area contributed by atoms with Gasteiger partial charge in [-0.05, 0) is 38.2 Å². The summed E-state index contributed by atoms with van der Waals surface area (Å²) in [7, 11) is -3.60. The molecule has 0 bridgehead atoms. The molecule has 0 saturated carbocycles. The second-order valence-electron chi connectivity index (χ2n) is 8.87. The lowest BCUT2D eigenvalue weighted by molar-refractivity contribution is 0.440. The number of aryl methyl sites for hydroxylation is 2. The number of oxazole rings is 1. The highest BCUT2D eigenvalue weighted by Gasteiger charge is 2.24. The molecular formula is C27H29ClN2O4S3. The topological polar surface area (TPSA) is 96.1 Å². The first-order valence-electron chi connectivity index (χ1n) is 12.0. The van der Waals surface area contributed by atoms with Gasteiger partial charge >= 0.3 is 9.56 Å². The molecule has 6 nitrogen and oxygen atoms in total. The highest BCUT2D eigenvalue weighted by molar-refractivity contribution is 7.93. The quantitative estimate of drug-likeness (QED) is 0.144. The molecule has 0 aliphatic rings. The maximum Gasteiger partial charge on any atom is 0.315 e. The number of thiazole rings is 1. The predicted octanol–water partition coefficient (Wildman–Crippen LogP) is 6.79. The largest absolute Gasteiger partial charge is 0.610 e. The van der Waals surface area contributed by atoms with Crippen LogP contribution in [0.15, 0.2) is 68.6 Å². The van der Waals surface area contributed by atoms with Gasteiger partial charge in [-0.2, -0.15) is 4.98 Å². The van der Waals surface area contributed by atoms with Crippen molar-refractivity contribution in [3.8, 4) is 22.6 Å². The van der Waals surface area contributed by atoms with E-state index in [9.17, 15) is 13.0 Å². The number of hydrogen-bond acceptors (Lipinski definition) is 7. The summed E-state index contributed by atoms with van der Waals surface area (Å²) in [6.07, 6.45) is 1.09. The van der Waals surface area contributed by atoms with Crippen molar-refractivity contribution in [1.82, 2.24) is 9.97 Å². The van der Waals surface area contributed by atoms with Crippen LogP contribution in [-0.4, -0.2) is 40.3 Å². The third-order valence-corrected chi connectivity index (χ3v) is 10.5. The van der Waals surface area contributed by atoms with Crippen LogP contribution in [0.3, 0.4) is 0 Å². The van der Waals surface area contributed by atoms with Crippen LogP contribution in [-0.2, 0) is 21.0 Å². The van der Waals surface area contributed by atoms with Gasteiger partial charge in [0.25, 0.3) is 0 Å². The number of rotatable bonds is 11. The lowest BCUT2D eigenvalue weighted by Gasteiger charge is -2.13. The molecule has 0 fully saturated rings. The first-order chi connectivity index (χ1) is 17.7. The lowest BCUT2D eigenvalue weighted by atomic mass is 9.97. The van der Waals surface area contributed by atoms with E-state index in [-0.39, 0.29) is 22.8 Å². The van der Waals surface area contributed by atoms with Crippen molar-refractivity contribution in [2.45, 2.75) is 49.1 Å². The summed E-state index contributed by atoms with van der Waals surface area (Å²) in [5, 5.41) is -0.266. The van der Waals surface area contributed by atoms with Crippen LogP contribution < -0.4 is 0 Å². The van der Waals surface area contributed by atoms with Crippen LogP contribution >= 0.6 is 22.9 Å². The molecule has 2 aromatic carbocycles. The molecule has 196 valence electrons. The molecule has 0 radical (unpaired) electrons. The molecule has 2 atom stereocenters. The van der Waals surface area contributed by atoms with Crippen molar-refractivity contribution in [1.29, 1.82) is 0 Å². The Bertz CT molecular complexity index is 1430. The molecule has 4 rings (SSSR count). The third kappa shape index (κ3) is 6.64. The lowest BCUT2D eigenvalue weighted by Crippen LogP contribution is -2.09. The summed E-state index contributed by atoms with van der Waals surface area (Å²) in [6, 6.07) is 17.8. The molecule has 0 saturated heterocycles. The summed E-state index contributed by atoms with van der Waals surface area (Å²) < 4.78 is 44.1. The van der Waals surface area contributed by atoms with Gasteiger partial charge in [0.2, 0.25) is 9.84 Å². The smallest absolute Gasteiger partial charge is 0.315 e. The number of hydrogen-bond donors (Lipinski definition) is 0. The number of benzene rings is 2. The van der Waals surface area contributed by atoms with Gasteiger partial charge in [-0.15, -0.1) is 11.6 Å². The molecule has 0 aliphatic carbocycles. The van der Waals surface area contributed by atoms with Crippen molar-refractivity contribution in [3.63, 3.8) is 0 Å². The van der Waals surface area contributed by atoms with Crippen LogP contribution in [0.4, 0.5) is 0 Å². The number of sulfone groups is 1. The van der Waals surface area contributed by atoms with Gasteiger partial charge in [-0.3, -0.25) is 0 Å². The normalized spacial score (nSPS) is 13.5. The Morgan fingerprint density at radius 1 is 1.05 bits per heavy atom. The first-order valence-corrected chi connectivity index (χ1v) is 16.3. The summed E-state index contributed by atoms with van der Waals surface area (Å²) >= 11 is 5.96. The first kappa shape index (κ1) is 27.9. The van der Waals surface area contributed by atoms with Gasteiger partial charge in [0.05, 0.1) is 17.1 Å². The average molecular weight is 577 g/mol. The minimum Gasteiger partial charge on any atom is -0.610 e. The fraction of sp³-hybridized carbons (Fsp3) is 0.333. The van der Waals surface area contributed by atoms with Gasteiger partial charge in [-0.25, -0.2) is 13.4 Å². The number of aromatic nitrogens is 2. The van der Waals surface area contributed by atoms with E-state index < -0.39 is 21.0 Å². The van der Waals surface area contributed by atoms with E-state index in [2.05, 4.69) is 16.9 Å². The molecule has 4 aromatic rings. The van der Waals surface area contributed by atoms with E-state index in [1.165, 1.54) is 11.3 Å². The van der Waals surface area contributed by atoms with Gasteiger partial charge in [0.15, 0.2) is 5.76 Å². The molecular weight excluding hydrogens is 548 g/mol. The Balaban J connectivity index is 1.40.